The maximum Gasteiger partial charge on any atom is 0.433 e. The van der Waals surface area contributed by atoms with Gasteiger partial charge in [-0.3, -0.25) is 9.48 Å². The molecule has 2 heterocycles. The summed E-state index contributed by atoms with van der Waals surface area (Å²) in [7, 11) is -2.50. The van der Waals surface area contributed by atoms with Crippen LogP contribution in [0.5, 0.6) is 0 Å². The summed E-state index contributed by atoms with van der Waals surface area (Å²) in [6.07, 6.45) is -4.02. The molecule has 1 aromatic heterocycles. The Hall–Kier alpha value is -2.40. The van der Waals surface area contributed by atoms with Crippen LogP contribution in [-0.4, -0.2) is 47.5 Å². The molecule has 162 valence electrons. The van der Waals surface area contributed by atoms with Crippen molar-refractivity contribution in [1.82, 2.24) is 19.4 Å². The highest BCUT2D eigenvalue weighted by molar-refractivity contribution is 7.89. The number of aromatic nitrogens is 2. The van der Waals surface area contributed by atoms with Gasteiger partial charge in [0, 0.05) is 32.2 Å². The maximum atomic E-state index is 12.9. The van der Waals surface area contributed by atoms with Crippen LogP contribution in [0.3, 0.4) is 0 Å². The van der Waals surface area contributed by atoms with E-state index in [1.807, 2.05) is 6.92 Å². The van der Waals surface area contributed by atoms with Gasteiger partial charge in [-0.2, -0.15) is 22.6 Å². The molecule has 2 aliphatic rings. The molecular formula is C19H21F3N4O3S. The topological polar surface area (TPSA) is 84.3 Å². The number of nitrogens with one attached hydrogen (secondary N) is 1. The zero-order valence-electron chi connectivity index (χ0n) is 16.3. The Morgan fingerprint density at radius 3 is 2.47 bits per heavy atom. The summed E-state index contributed by atoms with van der Waals surface area (Å²) in [5.41, 5.74) is -0.354. The maximum absolute atomic E-state index is 12.9. The average molecular weight is 442 g/mol. The number of hydrogen-bond acceptors (Lipinski definition) is 4. The zero-order valence-corrected chi connectivity index (χ0v) is 17.2. The van der Waals surface area contributed by atoms with E-state index >= 15 is 0 Å². The van der Waals surface area contributed by atoms with Crippen molar-refractivity contribution >= 4 is 15.9 Å². The molecule has 1 aliphatic heterocycles. The third-order valence-corrected chi connectivity index (χ3v) is 7.76. The lowest BCUT2D eigenvalue weighted by atomic mass is 9.71. The SMILES string of the molecule is Cc1ccc(S(=O)(=O)N2C[C@@H]3C[C@@H](NC(=O)c4cc(C(F)(F)F)n(C)n4)[C@@H]3C2)cc1. The van der Waals surface area contributed by atoms with Crippen LogP contribution in [0, 0.1) is 18.8 Å². The fourth-order valence-electron chi connectivity index (χ4n) is 4.17. The summed E-state index contributed by atoms with van der Waals surface area (Å²) in [5, 5.41) is 6.36. The van der Waals surface area contributed by atoms with Crippen LogP contribution in [0.15, 0.2) is 35.2 Å². The first-order valence-electron chi connectivity index (χ1n) is 9.46. The van der Waals surface area contributed by atoms with Gasteiger partial charge in [0.25, 0.3) is 5.91 Å². The van der Waals surface area contributed by atoms with E-state index in [0.29, 0.717) is 23.7 Å². The van der Waals surface area contributed by atoms with E-state index in [4.69, 9.17) is 0 Å². The highest BCUT2D eigenvalue weighted by Crippen LogP contribution is 2.43. The minimum Gasteiger partial charge on any atom is -0.348 e. The van der Waals surface area contributed by atoms with Crippen molar-refractivity contribution in [3.8, 4) is 0 Å². The molecule has 4 rings (SSSR count). The average Bonchev–Trinajstić information content (AvgIpc) is 3.20. The van der Waals surface area contributed by atoms with Crippen molar-refractivity contribution in [2.45, 2.75) is 30.5 Å². The molecular weight excluding hydrogens is 421 g/mol. The van der Waals surface area contributed by atoms with Crippen molar-refractivity contribution in [3.63, 3.8) is 0 Å². The van der Waals surface area contributed by atoms with Crippen LogP contribution >= 0.6 is 0 Å². The third-order valence-electron chi connectivity index (χ3n) is 5.91. The van der Waals surface area contributed by atoms with E-state index in [2.05, 4.69) is 10.4 Å². The van der Waals surface area contributed by atoms with Gasteiger partial charge in [-0.05, 0) is 37.3 Å². The molecule has 11 heteroatoms. The monoisotopic (exact) mass is 442 g/mol. The molecule has 7 nitrogen and oxygen atoms in total. The summed E-state index contributed by atoms with van der Waals surface area (Å²) in [6, 6.07) is 7.05. The second-order valence-electron chi connectivity index (χ2n) is 7.91. The molecule has 1 saturated carbocycles. The highest BCUT2D eigenvalue weighted by atomic mass is 32.2. The quantitative estimate of drug-likeness (QED) is 0.787. The van der Waals surface area contributed by atoms with Crippen LogP contribution < -0.4 is 5.32 Å². The Kier molecular flexibility index (Phi) is 4.93. The molecule has 1 aromatic carbocycles. The van der Waals surface area contributed by atoms with Gasteiger partial charge in [0.05, 0.1) is 4.90 Å². The van der Waals surface area contributed by atoms with Crippen LogP contribution in [0.4, 0.5) is 13.2 Å². The van der Waals surface area contributed by atoms with Crippen molar-refractivity contribution in [2.75, 3.05) is 13.1 Å². The number of benzene rings is 1. The van der Waals surface area contributed by atoms with Gasteiger partial charge in [-0.1, -0.05) is 17.7 Å². The molecule has 0 radical (unpaired) electrons. The van der Waals surface area contributed by atoms with Crippen molar-refractivity contribution in [3.05, 3.63) is 47.3 Å². The molecule has 2 fully saturated rings. The largest absolute Gasteiger partial charge is 0.433 e. The zero-order chi connectivity index (χ0) is 21.8. The van der Waals surface area contributed by atoms with E-state index < -0.39 is 27.8 Å². The molecule has 1 aliphatic carbocycles. The first-order chi connectivity index (χ1) is 14.0. The summed E-state index contributed by atoms with van der Waals surface area (Å²) < 4.78 is 66.5. The van der Waals surface area contributed by atoms with Crippen molar-refractivity contribution in [1.29, 1.82) is 0 Å². The molecule has 0 spiro atoms. The molecule has 0 bridgehead atoms. The number of hydrogen-bond donors (Lipinski definition) is 1. The second kappa shape index (κ2) is 7.09. The number of carbonyl (C=O) groups excluding carboxylic acids is 1. The van der Waals surface area contributed by atoms with Gasteiger partial charge >= 0.3 is 6.18 Å². The third kappa shape index (κ3) is 3.60. The number of sulfonamides is 1. The fraction of sp³-hybridized carbons (Fsp3) is 0.474. The molecule has 1 N–H and O–H groups in total. The number of amides is 1. The summed E-state index contributed by atoms with van der Waals surface area (Å²) in [6.45, 7) is 2.51. The van der Waals surface area contributed by atoms with Gasteiger partial charge in [0.15, 0.2) is 5.69 Å². The van der Waals surface area contributed by atoms with E-state index in [0.717, 1.165) is 12.6 Å². The van der Waals surface area contributed by atoms with Crippen LogP contribution in [0.1, 0.15) is 28.2 Å². The van der Waals surface area contributed by atoms with Gasteiger partial charge < -0.3 is 5.32 Å². The Balaban J connectivity index is 1.42. The standard InChI is InChI=1S/C19H21F3N4O3S/c1-11-3-5-13(6-4-11)30(28,29)26-9-12-7-15(14(12)10-26)23-18(27)16-8-17(19(20,21)22)25(2)24-16/h3-6,8,12,14-15H,7,9-10H2,1-2H3,(H,23,27)/t12-,14+,15+/m0/s1. The molecule has 1 saturated heterocycles. The number of alkyl halides is 3. The fourth-order valence-corrected chi connectivity index (χ4v) is 5.71. The molecule has 1 amide bonds. The number of carbonyl (C=O) groups is 1. The van der Waals surface area contributed by atoms with Crippen LogP contribution in [-0.2, 0) is 23.2 Å². The van der Waals surface area contributed by atoms with Crippen molar-refractivity contribution < 1.29 is 26.4 Å². The van der Waals surface area contributed by atoms with Gasteiger partial charge in [-0.25, -0.2) is 8.42 Å². The summed E-state index contributed by atoms with van der Waals surface area (Å²) in [5.74, 6) is -0.644. The first-order valence-corrected chi connectivity index (χ1v) is 10.9. The van der Waals surface area contributed by atoms with Crippen LogP contribution in [0.2, 0.25) is 0 Å². The number of nitrogens with zero attached hydrogens (tertiary/aromatic N) is 3. The van der Waals surface area contributed by atoms with Gasteiger partial charge in [0.2, 0.25) is 10.0 Å². The summed E-state index contributed by atoms with van der Waals surface area (Å²) in [4.78, 5) is 12.6. The number of aryl methyl sites for hydroxylation is 2. The lowest BCUT2D eigenvalue weighted by Gasteiger charge is -2.39. The predicted molar refractivity (Wildman–Crippen MR) is 101 cm³/mol. The molecule has 3 atom stereocenters. The summed E-state index contributed by atoms with van der Waals surface area (Å²) >= 11 is 0. The van der Waals surface area contributed by atoms with E-state index in [-0.39, 0.29) is 35.0 Å². The normalized spacial score (nSPS) is 24.4. The Labute approximate surface area is 171 Å². The molecule has 2 aromatic rings. The lowest BCUT2D eigenvalue weighted by Crippen LogP contribution is -2.52. The molecule has 0 unspecified atom stereocenters. The Bertz CT molecular complexity index is 1080. The predicted octanol–water partition coefficient (Wildman–Crippen LogP) is 2.19. The van der Waals surface area contributed by atoms with E-state index in [9.17, 15) is 26.4 Å². The first kappa shape index (κ1) is 20.9. The minimum absolute atomic E-state index is 0.0695. The number of rotatable bonds is 4. The minimum atomic E-state index is -4.60. The second-order valence-corrected chi connectivity index (χ2v) is 9.85. The van der Waals surface area contributed by atoms with Crippen molar-refractivity contribution in [2.24, 2.45) is 18.9 Å². The smallest absolute Gasteiger partial charge is 0.348 e. The number of halogens is 3. The molecule has 30 heavy (non-hydrogen) atoms. The Morgan fingerprint density at radius 2 is 1.87 bits per heavy atom. The lowest BCUT2D eigenvalue weighted by molar-refractivity contribution is -0.143. The van der Waals surface area contributed by atoms with Crippen LogP contribution in [0.25, 0.3) is 0 Å². The van der Waals surface area contributed by atoms with Gasteiger partial charge in [0.1, 0.15) is 5.69 Å². The number of fused-ring (bicyclic) bond motifs is 1. The van der Waals surface area contributed by atoms with Gasteiger partial charge in [-0.15, -0.1) is 0 Å². The van der Waals surface area contributed by atoms with E-state index in [1.54, 1.807) is 24.3 Å². The van der Waals surface area contributed by atoms with E-state index in [1.165, 1.54) is 4.31 Å². The highest BCUT2D eigenvalue weighted by Gasteiger charge is 2.50. The Morgan fingerprint density at radius 1 is 1.20 bits per heavy atom.